The standard InChI is InChI=1S/C10H13BrN2O4S/c11-7-5-8-9(17-4-3-16-8)6-10(7)18(14,15)13-2-1-12/h5-6,13H,1-4,12H2. The second-order valence-electron chi connectivity index (χ2n) is 3.61. The van der Waals surface area contributed by atoms with E-state index in [2.05, 4.69) is 20.7 Å². The molecule has 0 aromatic heterocycles. The molecule has 0 fully saturated rings. The summed E-state index contributed by atoms with van der Waals surface area (Å²) in [5.41, 5.74) is 5.28. The van der Waals surface area contributed by atoms with E-state index in [1.807, 2.05) is 0 Å². The molecule has 1 aromatic carbocycles. The molecule has 8 heteroatoms. The predicted octanol–water partition coefficient (Wildman–Crippen LogP) is 0.457. The first kappa shape index (κ1) is 13.6. The lowest BCUT2D eigenvalue weighted by Crippen LogP contribution is -2.29. The highest BCUT2D eigenvalue weighted by molar-refractivity contribution is 9.10. The first-order valence-corrected chi connectivity index (χ1v) is 7.61. The number of benzene rings is 1. The maximum atomic E-state index is 12.0. The lowest BCUT2D eigenvalue weighted by molar-refractivity contribution is 0.171. The van der Waals surface area contributed by atoms with E-state index in [-0.39, 0.29) is 18.0 Å². The smallest absolute Gasteiger partial charge is 0.241 e. The van der Waals surface area contributed by atoms with Gasteiger partial charge in [-0.1, -0.05) is 0 Å². The normalized spacial score (nSPS) is 14.6. The summed E-state index contributed by atoms with van der Waals surface area (Å²) in [5.74, 6) is 0.962. The monoisotopic (exact) mass is 336 g/mol. The van der Waals surface area contributed by atoms with Gasteiger partial charge in [0.15, 0.2) is 11.5 Å². The van der Waals surface area contributed by atoms with Gasteiger partial charge >= 0.3 is 0 Å². The van der Waals surface area contributed by atoms with Crippen molar-refractivity contribution in [2.24, 2.45) is 5.73 Å². The highest BCUT2D eigenvalue weighted by Crippen LogP contribution is 2.37. The zero-order valence-electron chi connectivity index (χ0n) is 9.48. The van der Waals surface area contributed by atoms with Gasteiger partial charge in [0.25, 0.3) is 0 Å². The van der Waals surface area contributed by atoms with Crippen molar-refractivity contribution in [2.75, 3.05) is 26.3 Å². The van der Waals surface area contributed by atoms with Gasteiger partial charge in [-0.25, -0.2) is 13.1 Å². The van der Waals surface area contributed by atoms with Gasteiger partial charge in [0.2, 0.25) is 10.0 Å². The van der Waals surface area contributed by atoms with Gasteiger partial charge < -0.3 is 15.2 Å². The minimum atomic E-state index is -3.60. The van der Waals surface area contributed by atoms with Crippen LogP contribution >= 0.6 is 15.9 Å². The Morgan fingerprint density at radius 2 is 1.89 bits per heavy atom. The van der Waals surface area contributed by atoms with Crippen LogP contribution in [-0.4, -0.2) is 34.7 Å². The van der Waals surface area contributed by atoms with Crippen LogP contribution in [0.3, 0.4) is 0 Å². The molecule has 1 aliphatic rings. The van der Waals surface area contributed by atoms with E-state index < -0.39 is 10.0 Å². The Labute approximate surface area is 114 Å². The number of nitrogens with two attached hydrogens (primary N) is 1. The molecular weight excluding hydrogens is 324 g/mol. The van der Waals surface area contributed by atoms with Gasteiger partial charge in [-0.15, -0.1) is 0 Å². The Morgan fingerprint density at radius 3 is 2.50 bits per heavy atom. The van der Waals surface area contributed by atoms with Crippen molar-refractivity contribution in [3.05, 3.63) is 16.6 Å². The Bertz CT molecular complexity index is 547. The number of ether oxygens (including phenoxy) is 2. The van der Waals surface area contributed by atoms with E-state index in [0.717, 1.165) is 0 Å². The number of rotatable bonds is 4. The van der Waals surface area contributed by atoms with E-state index in [1.165, 1.54) is 6.07 Å². The molecule has 0 amide bonds. The van der Waals surface area contributed by atoms with Gasteiger partial charge in [-0.2, -0.15) is 0 Å². The summed E-state index contributed by atoms with van der Waals surface area (Å²) in [7, 11) is -3.60. The minimum Gasteiger partial charge on any atom is -0.486 e. The largest absolute Gasteiger partial charge is 0.486 e. The molecule has 0 saturated heterocycles. The number of fused-ring (bicyclic) bond motifs is 1. The number of nitrogens with one attached hydrogen (secondary N) is 1. The first-order chi connectivity index (χ1) is 8.54. The zero-order valence-corrected chi connectivity index (χ0v) is 11.9. The second kappa shape index (κ2) is 5.43. The third-order valence-electron chi connectivity index (χ3n) is 2.32. The number of hydrogen-bond donors (Lipinski definition) is 2. The summed E-state index contributed by atoms with van der Waals surface area (Å²) < 4.78 is 37.5. The lowest BCUT2D eigenvalue weighted by atomic mass is 10.3. The molecule has 0 saturated carbocycles. The van der Waals surface area contributed by atoms with Gasteiger partial charge in [0.1, 0.15) is 18.1 Å². The molecule has 1 aromatic rings. The molecule has 18 heavy (non-hydrogen) atoms. The molecule has 1 heterocycles. The van der Waals surface area contributed by atoms with E-state index in [1.54, 1.807) is 6.07 Å². The van der Waals surface area contributed by atoms with Crippen LogP contribution in [0.15, 0.2) is 21.5 Å². The highest BCUT2D eigenvalue weighted by Gasteiger charge is 2.22. The van der Waals surface area contributed by atoms with Crippen molar-refractivity contribution in [3.63, 3.8) is 0 Å². The molecular formula is C10H13BrN2O4S. The van der Waals surface area contributed by atoms with Crippen LogP contribution in [0.4, 0.5) is 0 Å². The van der Waals surface area contributed by atoms with Crippen molar-refractivity contribution in [3.8, 4) is 11.5 Å². The van der Waals surface area contributed by atoms with Crippen LogP contribution in [0.25, 0.3) is 0 Å². The number of hydrogen-bond acceptors (Lipinski definition) is 5. The average molecular weight is 337 g/mol. The summed E-state index contributed by atoms with van der Waals surface area (Å²) in [5, 5.41) is 0. The highest BCUT2D eigenvalue weighted by atomic mass is 79.9. The van der Waals surface area contributed by atoms with Crippen LogP contribution in [0, 0.1) is 0 Å². The van der Waals surface area contributed by atoms with Crippen LogP contribution < -0.4 is 19.9 Å². The minimum absolute atomic E-state index is 0.111. The quantitative estimate of drug-likeness (QED) is 0.833. The van der Waals surface area contributed by atoms with Crippen LogP contribution in [0.5, 0.6) is 11.5 Å². The van der Waals surface area contributed by atoms with Crippen LogP contribution in [-0.2, 0) is 10.0 Å². The first-order valence-electron chi connectivity index (χ1n) is 5.33. The SMILES string of the molecule is NCCNS(=O)(=O)c1cc2c(cc1Br)OCCO2. The Balaban J connectivity index is 2.39. The van der Waals surface area contributed by atoms with E-state index in [9.17, 15) is 8.42 Å². The van der Waals surface area contributed by atoms with Crippen molar-refractivity contribution >= 4 is 26.0 Å². The van der Waals surface area contributed by atoms with Crippen LogP contribution in [0.1, 0.15) is 0 Å². The maximum absolute atomic E-state index is 12.0. The average Bonchev–Trinajstić information content (AvgIpc) is 2.35. The third-order valence-corrected chi connectivity index (χ3v) is 4.74. The Morgan fingerprint density at radius 1 is 1.28 bits per heavy atom. The fourth-order valence-electron chi connectivity index (χ4n) is 1.52. The molecule has 100 valence electrons. The predicted molar refractivity (Wildman–Crippen MR) is 69.4 cm³/mol. The maximum Gasteiger partial charge on any atom is 0.241 e. The lowest BCUT2D eigenvalue weighted by Gasteiger charge is -2.19. The van der Waals surface area contributed by atoms with Gasteiger partial charge in [-0.3, -0.25) is 0 Å². The zero-order chi connectivity index (χ0) is 13.2. The number of sulfonamides is 1. The summed E-state index contributed by atoms with van der Waals surface area (Å²) in [6.45, 7) is 1.28. The summed E-state index contributed by atoms with van der Waals surface area (Å²) >= 11 is 3.22. The van der Waals surface area contributed by atoms with Crippen LogP contribution in [0.2, 0.25) is 0 Å². The Kier molecular flexibility index (Phi) is 4.10. The molecule has 3 N–H and O–H groups in total. The van der Waals surface area contributed by atoms with Gasteiger partial charge in [0, 0.05) is 23.6 Å². The van der Waals surface area contributed by atoms with Crippen molar-refractivity contribution in [1.29, 1.82) is 0 Å². The topological polar surface area (TPSA) is 90.7 Å². The van der Waals surface area contributed by atoms with Crippen molar-refractivity contribution < 1.29 is 17.9 Å². The second-order valence-corrected chi connectivity index (χ2v) is 6.20. The third kappa shape index (κ3) is 2.77. The summed E-state index contributed by atoms with van der Waals surface area (Å²) in [4.78, 5) is 0.111. The van der Waals surface area contributed by atoms with Gasteiger partial charge in [-0.05, 0) is 22.0 Å². The molecule has 0 bridgehead atoms. The summed E-state index contributed by atoms with van der Waals surface area (Å²) in [6, 6.07) is 3.03. The molecule has 0 radical (unpaired) electrons. The fourth-order valence-corrected chi connectivity index (χ4v) is 3.60. The van der Waals surface area contributed by atoms with Crippen molar-refractivity contribution in [1.82, 2.24) is 4.72 Å². The van der Waals surface area contributed by atoms with E-state index in [4.69, 9.17) is 15.2 Å². The number of halogens is 1. The van der Waals surface area contributed by atoms with E-state index >= 15 is 0 Å². The molecule has 6 nitrogen and oxygen atoms in total. The van der Waals surface area contributed by atoms with E-state index in [0.29, 0.717) is 29.2 Å². The Hall–Kier alpha value is -0.830. The van der Waals surface area contributed by atoms with Crippen molar-refractivity contribution in [2.45, 2.75) is 4.90 Å². The summed E-state index contributed by atoms with van der Waals surface area (Å²) in [6.07, 6.45) is 0. The molecule has 0 spiro atoms. The molecule has 1 aliphatic heterocycles. The molecule has 0 unspecified atom stereocenters. The fraction of sp³-hybridized carbons (Fsp3) is 0.400. The molecule has 0 aliphatic carbocycles. The molecule has 0 atom stereocenters. The molecule has 2 rings (SSSR count). The van der Waals surface area contributed by atoms with Gasteiger partial charge in [0.05, 0.1) is 0 Å².